The van der Waals surface area contributed by atoms with Crippen molar-refractivity contribution in [3.63, 3.8) is 0 Å². The highest BCUT2D eigenvalue weighted by Gasteiger charge is 2.18. The summed E-state index contributed by atoms with van der Waals surface area (Å²) in [6.07, 6.45) is 2.18. The van der Waals surface area contributed by atoms with Crippen LogP contribution in [0, 0.1) is 5.41 Å². The van der Waals surface area contributed by atoms with Crippen LogP contribution in [0.5, 0.6) is 0 Å². The Morgan fingerprint density at radius 1 is 1.26 bits per heavy atom. The predicted octanol–water partition coefficient (Wildman–Crippen LogP) is 2.55. The Bertz CT molecular complexity index is 623. The quantitative estimate of drug-likeness (QED) is 0.732. The van der Waals surface area contributed by atoms with E-state index in [1.807, 2.05) is 44.2 Å². The van der Waals surface area contributed by atoms with Crippen LogP contribution in [0.2, 0.25) is 0 Å². The molecule has 0 aliphatic carbocycles. The molecule has 0 fully saturated rings. The number of aromatic nitrogens is 1. The van der Waals surface area contributed by atoms with Crippen LogP contribution < -0.4 is 10.6 Å². The van der Waals surface area contributed by atoms with Gasteiger partial charge in [0.05, 0.1) is 12.2 Å². The number of carbonyl (C=O) groups is 1. The summed E-state index contributed by atoms with van der Waals surface area (Å²) in [4.78, 5) is 16.1. The lowest BCUT2D eigenvalue weighted by atomic mass is 9.90. The molecule has 0 bridgehead atoms. The molecule has 0 saturated heterocycles. The first kappa shape index (κ1) is 17.0. The van der Waals surface area contributed by atoms with Crippen molar-refractivity contribution in [1.82, 2.24) is 15.6 Å². The van der Waals surface area contributed by atoms with Gasteiger partial charge in [0.15, 0.2) is 0 Å². The summed E-state index contributed by atoms with van der Waals surface area (Å²) in [7, 11) is 0. The Morgan fingerprint density at radius 2 is 2.00 bits per heavy atom. The SMILES string of the molecule is CC(C)(CCO)CNC(=O)NCc1coc(-c2ccccc2)n1. The van der Waals surface area contributed by atoms with Crippen LogP contribution >= 0.6 is 0 Å². The van der Waals surface area contributed by atoms with Crippen LogP contribution in [0.15, 0.2) is 41.0 Å². The number of nitrogens with one attached hydrogen (secondary N) is 2. The van der Waals surface area contributed by atoms with Gasteiger partial charge in [0, 0.05) is 18.7 Å². The van der Waals surface area contributed by atoms with E-state index in [-0.39, 0.29) is 18.1 Å². The maximum Gasteiger partial charge on any atom is 0.315 e. The molecular weight excluding hydrogens is 294 g/mol. The molecule has 0 unspecified atom stereocenters. The zero-order valence-corrected chi connectivity index (χ0v) is 13.5. The molecular formula is C17H23N3O3. The van der Waals surface area contributed by atoms with Crippen molar-refractivity contribution >= 4 is 6.03 Å². The van der Waals surface area contributed by atoms with Crippen molar-refractivity contribution in [2.45, 2.75) is 26.8 Å². The predicted molar refractivity (Wildman–Crippen MR) is 87.7 cm³/mol. The number of carbonyl (C=O) groups excluding carboxylic acids is 1. The van der Waals surface area contributed by atoms with Gasteiger partial charge < -0.3 is 20.2 Å². The van der Waals surface area contributed by atoms with Gasteiger partial charge in [0.1, 0.15) is 6.26 Å². The Hall–Kier alpha value is -2.34. The van der Waals surface area contributed by atoms with Gasteiger partial charge in [-0.25, -0.2) is 9.78 Å². The van der Waals surface area contributed by atoms with Crippen LogP contribution in [-0.2, 0) is 6.54 Å². The van der Waals surface area contributed by atoms with Crippen LogP contribution in [0.3, 0.4) is 0 Å². The van der Waals surface area contributed by atoms with Crippen LogP contribution in [0.4, 0.5) is 4.79 Å². The summed E-state index contributed by atoms with van der Waals surface area (Å²) in [6.45, 7) is 4.88. The molecule has 0 saturated carbocycles. The zero-order valence-electron chi connectivity index (χ0n) is 13.5. The topological polar surface area (TPSA) is 87.4 Å². The number of hydrogen-bond acceptors (Lipinski definition) is 4. The fraction of sp³-hybridized carbons (Fsp3) is 0.412. The number of amides is 2. The minimum absolute atomic E-state index is 0.109. The van der Waals surface area contributed by atoms with Gasteiger partial charge >= 0.3 is 6.03 Å². The molecule has 124 valence electrons. The van der Waals surface area contributed by atoms with Gasteiger partial charge in [-0.2, -0.15) is 0 Å². The minimum atomic E-state index is -0.264. The summed E-state index contributed by atoms with van der Waals surface area (Å²) >= 11 is 0. The highest BCUT2D eigenvalue weighted by atomic mass is 16.3. The Labute approximate surface area is 135 Å². The first-order chi connectivity index (χ1) is 11.0. The summed E-state index contributed by atoms with van der Waals surface area (Å²) in [5.41, 5.74) is 1.42. The molecule has 2 aromatic rings. The highest BCUT2D eigenvalue weighted by Crippen LogP contribution is 2.18. The van der Waals surface area contributed by atoms with Crippen molar-refractivity contribution in [1.29, 1.82) is 0 Å². The lowest BCUT2D eigenvalue weighted by Crippen LogP contribution is -2.40. The number of nitrogens with zero attached hydrogens (tertiary/aromatic N) is 1. The van der Waals surface area contributed by atoms with Gasteiger partial charge in [0.2, 0.25) is 5.89 Å². The normalized spacial score (nSPS) is 11.3. The molecule has 1 aromatic heterocycles. The minimum Gasteiger partial charge on any atom is -0.444 e. The fourth-order valence-corrected chi connectivity index (χ4v) is 2.05. The van der Waals surface area contributed by atoms with E-state index in [0.29, 0.717) is 31.1 Å². The van der Waals surface area contributed by atoms with Crippen LogP contribution in [0.25, 0.3) is 11.5 Å². The van der Waals surface area contributed by atoms with Crippen molar-refractivity contribution in [3.05, 3.63) is 42.3 Å². The number of rotatable bonds is 7. The molecule has 1 aromatic carbocycles. The van der Waals surface area contributed by atoms with Crippen LogP contribution in [0.1, 0.15) is 26.0 Å². The Morgan fingerprint density at radius 3 is 2.70 bits per heavy atom. The number of hydrogen-bond donors (Lipinski definition) is 3. The molecule has 1 heterocycles. The summed E-state index contributed by atoms with van der Waals surface area (Å²) in [6, 6.07) is 9.33. The van der Waals surface area contributed by atoms with Crippen LogP contribution in [-0.4, -0.2) is 29.3 Å². The highest BCUT2D eigenvalue weighted by molar-refractivity contribution is 5.73. The first-order valence-corrected chi connectivity index (χ1v) is 7.62. The van der Waals surface area contributed by atoms with Crippen molar-refractivity contribution in [2.24, 2.45) is 5.41 Å². The maximum atomic E-state index is 11.8. The second kappa shape index (κ2) is 7.78. The third-order valence-corrected chi connectivity index (χ3v) is 3.52. The Balaban J connectivity index is 1.80. The molecule has 0 spiro atoms. The maximum absolute atomic E-state index is 11.8. The molecule has 3 N–H and O–H groups in total. The van der Waals surface area contributed by atoms with E-state index in [1.54, 1.807) is 0 Å². The number of benzene rings is 1. The van der Waals surface area contributed by atoms with Gasteiger partial charge in [-0.05, 0) is 24.0 Å². The largest absolute Gasteiger partial charge is 0.444 e. The number of oxazole rings is 1. The monoisotopic (exact) mass is 317 g/mol. The average Bonchev–Trinajstić information content (AvgIpc) is 3.01. The van der Waals surface area contributed by atoms with E-state index in [0.717, 1.165) is 5.56 Å². The van der Waals surface area contributed by atoms with Gasteiger partial charge in [-0.1, -0.05) is 32.0 Å². The van der Waals surface area contributed by atoms with Crippen molar-refractivity contribution in [2.75, 3.05) is 13.2 Å². The van der Waals surface area contributed by atoms with E-state index in [4.69, 9.17) is 9.52 Å². The summed E-state index contributed by atoms with van der Waals surface area (Å²) in [5, 5.41) is 14.5. The van der Waals surface area contributed by atoms with Crippen molar-refractivity contribution < 1.29 is 14.3 Å². The molecule has 2 amide bonds. The summed E-state index contributed by atoms with van der Waals surface area (Å²) < 4.78 is 5.42. The molecule has 6 heteroatoms. The second-order valence-corrected chi connectivity index (χ2v) is 6.18. The van der Waals surface area contributed by atoms with Gasteiger partial charge in [0.25, 0.3) is 0 Å². The van der Waals surface area contributed by atoms with E-state index in [1.165, 1.54) is 6.26 Å². The molecule has 0 atom stereocenters. The number of aliphatic hydroxyl groups excluding tert-OH is 1. The molecule has 0 radical (unpaired) electrons. The average molecular weight is 317 g/mol. The lowest BCUT2D eigenvalue weighted by Gasteiger charge is -2.23. The molecule has 0 aliphatic rings. The van der Waals surface area contributed by atoms with E-state index in [2.05, 4.69) is 15.6 Å². The third-order valence-electron chi connectivity index (χ3n) is 3.52. The molecule has 0 aliphatic heterocycles. The standard InChI is InChI=1S/C17H23N3O3/c1-17(2,8-9-21)12-19-16(22)18-10-14-11-23-15(20-14)13-6-4-3-5-7-13/h3-7,11,21H,8-10,12H2,1-2H3,(H2,18,19,22). The first-order valence-electron chi connectivity index (χ1n) is 7.62. The number of aliphatic hydroxyl groups is 1. The van der Waals surface area contributed by atoms with Gasteiger partial charge in [-0.15, -0.1) is 0 Å². The number of urea groups is 1. The smallest absolute Gasteiger partial charge is 0.315 e. The second-order valence-electron chi connectivity index (χ2n) is 6.18. The Kier molecular flexibility index (Phi) is 5.76. The van der Waals surface area contributed by atoms with E-state index >= 15 is 0 Å². The zero-order chi connectivity index (χ0) is 16.7. The van der Waals surface area contributed by atoms with E-state index < -0.39 is 0 Å². The van der Waals surface area contributed by atoms with Crippen molar-refractivity contribution in [3.8, 4) is 11.5 Å². The third kappa shape index (κ3) is 5.41. The lowest BCUT2D eigenvalue weighted by molar-refractivity contribution is 0.201. The fourth-order valence-electron chi connectivity index (χ4n) is 2.05. The molecule has 2 rings (SSSR count). The molecule has 23 heavy (non-hydrogen) atoms. The van der Waals surface area contributed by atoms with E-state index in [9.17, 15) is 4.79 Å². The van der Waals surface area contributed by atoms with Gasteiger partial charge in [-0.3, -0.25) is 0 Å². The summed E-state index contributed by atoms with van der Waals surface area (Å²) in [5.74, 6) is 0.534. The molecule has 6 nitrogen and oxygen atoms in total.